The lowest BCUT2D eigenvalue weighted by Crippen LogP contribution is -2.36. The number of rotatable bonds is 2. The van der Waals surface area contributed by atoms with Crippen LogP contribution in [0.4, 0.5) is 0 Å². The van der Waals surface area contributed by atoms with Gasteiger partial charge in [-0.2, -0.15) is 0 Å². The predicted octanol–water partition coefficient (Wildman–Crippen LogP) is 1.23. The Labute approximate surface area is 86.6 Å². The SMILES string of the molecule is CC(CN1CC(N)CC1=O)C(C)(C)C. The fourth-order valence-corrected chi connectivity index (χ4v) is 1.58. The van der Waals surface area contributed by atoms with E-state index in [1.165, 1.54) is 0 Å². The molecule has 1 fully saturated rings. The van der Waals surface area contributed by atoms with Crippen molar-refractivity contribution in [1.29, 1.82) is 0 Å². The first-order chi connectivity index (χ1) is 6.30. The van der Waals surface area contributed by atoms with Crippen LogP contribution < -0.4 is 5.73 Å². The summed E-state index contributed by atoms with van der Waals surface area (Å²) >= 11 is 0. The molecule has 0 aromatic heterocycles. The number of hydrogen-bond donors (Lipinski definition) is 1. The molecule has 1 amide bonds. The zero-order chi connectivity index (χ0) is 10.9. The highest BCUT2D eigenvalue weighted by molar-refractivity contribution is 5.79. The van der Waals surface area contributed by atoms with Gasteiger partial charge in [-0.1, -0.05) is 27.7 Å². The first kappa shape index (κ1) is 11.5. The van der Waals surface area contributed by atoms with Crippen molar-refractivity contribution in [3.8, 4) is 0 Å². The van der Waals surface area contributed by atoms with Crippen molar-refractivity contribution in [3.05, 3.63) is 0 Å². The Morgan fingerprint density at radius 1 is 1.57 bits per heavy atom. The zero-order valence-corrected chi connectivity index (χ0v) is 9.71. The molecule has 3 nitrogen and oxygen atoms in total. The first-order valence-corrected chi connectivity index (χ1v) is 5.34. The van der Waals surface area contributed by atoms with E-state index in [-0.39, 0.29) is 17.4 Å². The minimum atomic E-state index is 0.0506. The summed E-state index contributed by atoms with van der Waals surface area (Å²) in [5.41, 5.74) is 5.99. The Morgan fingerprint density at radius 2 is 2.14 bits per heavy atom. The van der Waals surface area contributed by atoms with Crippen LogP contribution in [0.5, 0.6) is 0 Å². The van der Waals surface area contributed by atoms with E-state index >= 15 is 0 Å². The van der Waals surface area contributed by atoms with Crippen molar-refractivity contribution in [2.75, 3.05) is 13.1 Å². The molecule has 0 bridgehead atoms. The number of carbonyl (C=O) groups excluding carboxylic acids is 1. The topological polar surface area (TPSA) is 46.3 Å². The normalized spacial score (nSPS) is 25.6. The third-order valence-electron chi connectivity index (χ3n) is 3.22. The van der Waals surface area contributed by atoms with E-state index in [9.17, 15) is 4.79 Å². The largest absolute Gasteiger partial charge is 0.341 e. The van der Waals surface area contributed by atoms with Crippen LogP contribution in [0, 0.1) is 11.3 Å². The average molecular weight is 198 g/mol. The number of nitrogens with zero attached hydrogens (tertiary/aromatic N) is 1. The molecule has 1 rings (SSSR count). The maximum atomic E-state index is 11.5. The van der Waals surface area contributed by atoms with Crippen LogP contribution in [0.15, 0.2) is 0 Å². The molecule has 0 aromatic carbocycles. The highest BCUT2D eigenvalue weighted by atomic mass is 16.2. The molecule has 2 unspecified atom stereocenters. The van der Waals surface area contributed by atoms with Crippen molar-refractivity contribution in [2.24, 2.45) is 17.1 Å². The van der Waals surface area contributed by atoms with Crippen LogP contribution >= 0.6 is 0 Å². The number of hydrogen-bond acceptors (Lipinski definition) is 2. The van der Waals surface area contributed by atoms with Gasteiger partial charge in [-0.25, -0.2) is 0 Å². The van der Waals surface area contributed by atoms with Gasteiger partial charge in [-0.15, -0.1) is 0 Å². The Morgan fingerprint density at radius 3 is 2.50 bits per heavy atom. The third kappa shape index (κ3) is 2.71. The molecule has 1 aliphatic heterocycles. The standard InChI is InChI=1S/C11H22N2O/c1-8(11(2,3)4)6-13-7-9(12)5-10(13)14/h8-9H,5-7,12H2,1-4H3. The Hall–Kier alpha value is -0.570. The lowest BCUT2D eigenvalue weighted by atomic mass is 9.82. The van der Waals surface area contributed by atoms with E-state index in [1.807, 2.05) is 4.90 Å². The van der Waals surface area contributed by atoms with Gasteiger partial charge in [0.15, 0.2) is 0 Å². The monoisotopic (exact) mass is 198 g/mol. The summed E-state index contributed by atoms with van der Waals surface area (Å²) in [4.78, 5) is 13.4. The number of likely N-dealkylation sites (tertiary alicyclic amines) is 1. The summed E-state index contributed by atoms with van der Waals surface area (Å²) in [5, 5.41) is 0. The van der Waals surface area contributed by atoms with Gasteiger partial charge in [0.1, 0.15) is 0 Å². The van der Waals surface area contributed by atoms with Gasteiger partial charge >= 0.3 is 0 Å². The molecule has 82 valence electrons. The maximum absolute atomic E-state index is 11.5. The van der Waals surface area contributed by atoms with Gasteiger partial charge in [-0.3, -0.25) is 4.79 Å². The molecule has 2 atom stereocenters. The summed E-state index contributed by atoms with van der Waals surface area (Å²) in [6, 6.07) is 0.0506. The van der Waals surface area contributed by atoms with Crippen LogP contribution in [-0.4, -0.2) is 29.9 Å². The second-order valence-corrected chi connectivity index (χ2v) is 5.53. The van der Waals surface area contributed by atoms with Gasteiger partial charge in [-0.05, 0) is 11.3 Å². The van der Waals surface area contributed by atoms with Crippen LogP contribution in [0.25, 0.3) is 0 Å². The van der Waals surface area contributed by atoms with Gasteiger partial charge in [0.05, 0.1) is 0 Å². The molecule has 1 aliphatic rings. The second kappa shape index (κ2) is 3.89. The quantitative estimate of drug-likeness (QED) is 0.725. The Balaban J connectivity index is 2.49. The molecule has 2 N–H and O–H groups in total. The summed E-state index contributed by atoms with van der Waals surface area (Å²) in [7, 11) is 0. The van der Waals surface area contributed by atoms with Crippen molar-refractivity contribution >= 4 is 5.91 Å². The minimum Gasteiger partial charge on any atom is -0.341 e. The molecule has 0 aromatic rings. The molecule has 0 radical (unpaired) electrons. The van der Waals surface area contributed by atoms with Crippen LogP contribution in [0.3, 0.4) is 0 Å². The van der Waals surface area contributed by atoms with Crippen LogP contribution in [0.2, 0.25) is 0 Å². The molecule has 14 heavy (non-hydrogen) atoms. The van der Waals surface area contributed by atoms with E-state index in [4.69, 9.17) is 5.73 Å². The predicted molar refractivity (Wildman–Crippen MR) is 57.8 cm³/mol. The van der Waals surface area contributed by atoms with Crippen molar-refractivity contribution in [1.82, 2.24) is 4.90 Å². The summed E-state index contributed by atoms with van der Waals surface area (Å²) in [6.07, 6.45) is 0.525. The fourth-order valence-electron chi connectivity index (χ4n) is 1.58. The van der Waals surface area contributed by atoms with E-state index < -0.39 is 0 Å². The Kier molecular flexibility index (Phi) is 3.20. The van der Waals surface area contributed by atoms with E-state index in [2.05, 4.69) is 27.7 Å². The smallest absolute Gasteiger partial charge is 0.224 e. The van der Waals surface area contributed by atoms with Gasteiger partial charge in [0.2, 0.25) is 5.91 Å². The van der Waals surface area contributed by atoms with E-state index in [0.29, 0.717) is 12.3 Å². The molecular weight excluding hydrogens is 176 g/mol. The summed E-state index contributed by atoms with van der Waals surface area (Å²) in [6.45, 7) is 10.4. The van der Waals surface area contributed by atoms with E-state index in [1.54, 1.807) is 0 Å². The molecule has 0 spiro atoms. The maximum Gasteiger partial charge on any atom is 0.224 e. The lowest BCUT2D eigenvalue weighted by Gasteiger charge is -2.31. The molecule has 0 aliphatic carbocycles. The van der Waals surface area contributed by atoms with Crippen LogP contribution in [0.1, 0.15) is 34.1 Å². The second-order valence-electron chi connectivity index (χ2n) is 5.53. The minimum absolute atomic E-state index is 0.0506. The van der Waals surface area contributed by atoms with Crippen molar-refractivity contribution < 1.29 is 4.79 Å². The average Bonchev–Trinajstić information content (AvgIpc) is 2.28. The number of amides is 1. The molecule has 1 saturated heterocycles. The van der Waals surface area contributed by atoms with Gasteiger partial charge in [0.25, 0.3) is 0 Å². The molecule has 1 heterocycles. The first-order valence-electron chi connectivity index (χ1n) is 5.34. The highest BCUT2D eigenvalue weighted by Gasteiger charge is 2.30. The van der Waals surface area contributed by atoms with Crippen molar-refractivity contribution in [2.45, 2.75) is 40.2 Å². The number of nitrogens with two attached hydrogens (primary N) is 1. The van der Waals surface area contributed by atoms with Gasteiger partial charge in [0, 0.05) is 25.6 Å². The molecular formula is C11H22N2O. The third-order valence-corrected chi connectivity index (χ3v) is 3.22. The molecule has 0 saturated carbocycles. The van der Waals surface area contributed by atoms with E-state index in [0.717, 1.165) is 13.1 Å². The number of carbonyl (C=O) groups is 1. The van der Waals surface area contributed by atoms with Crippen LogP contribution in [-0.2, 0) is 4.79 Å². The van der Waals surface area contributed by atoms with Gasteiger partial charge < -0.3 is 10.6 Å². The zero-order valence-electron chi connectivity index (χ0n) is 9.71. The summed E-state index contributed by atoms with van der Waals surface area (Å²) < 4.78 is 0. The molecule has 3 heteroatoms. The summed E-state index contributed by atoms with van der Waals surface area (Å²) in [5.74, 6) is 0.727. The lowest BCUT2D eigenvalue weighted by molar-refractivity contribution is -0.128. The Bertz CT molecular complexity index is 220. The fraction of sp³-hybridized carbons (Fsp3) is 0.909. The highest BCUT2D eigenvalue weighted by Crippen LogP contribution is 2.27. The van der Waals surface area contributed by atoms with Crippen molar-refractivity contribution in [3.63, 3.8) is 0 Å².